The summed E-state index contributed by atoms with van der Waals surface area (Å²) in [5, 5.41) is 2.06. The average molecular weight is 287 g/mol. The Labute approximate surface area is 111 Å². The predicted molar refractivity (Wildman–Crippen MR) is 63.5 cm³/mol. The minimum Gasteiger partial charge on any atom is -0.322 e. The molecule has 3 nitrogen and oxygen atoms in total. The second-order valence-electron chi connectivity index (χ2n) is 3.57. The highest BCUT2D eigenvalue weighted by Gasteiger charge is 2.13. The molecule has 19 heavy (non-hydrogen) atoms. The first-order valence-electron chi connectivity index (χ1n) is 5.05. The van der Waals surface area contributed by atoms with Crippen LogP contribution in [0, 0.1) is 17.5 Å². The van der Waals surface area contributed by atoms with Gasteiger partial charge >= 0.3 is 0 Å². The summed E-state index contributed by atoms with van der Waals surface area (Å²) in [6, 6.07) is 3.71. The van der Waals surface area contributed by atoms with Gasteiger partial charge in [0, 0.05) is 11.8 Å². The van der Waals surface area contributed by atoms with Crippen molar-refractivity contribution in [1.29, 1.82) is 0 Å². The maximum atomic E-state index is 13.0. The van der Waals surface area contributed by atoms with Gasteiger partial charge in [-0.15, -0.1) is 0 Å². The number of benzene rings is 1. The van der Waals surface area contributed by atoms with Gasteiger partial charge in [-0.05, 0) is 18.2 Å². The number of carbonyl (C=O) groups excluding carboxylic acids is 1. The summed E-state index contributed by atoms with van der Waals surface area (Å²) in [4.78, 5) is 15.2. The van der Waals surface area contributed by atoms with Crippen molar-refractivity contribution >= 4 is 23.2 Å². The maximum Gasteiger partial charge on any atom is 0.258 e. The summed E-state index contributed by atoms with van der Waals surface area (Å²) < 4.78 is 38.6. The molecule has 0 fully saturated rings. The fourth-order valence-electron chi connectivity index (χ4n) is 1.35. The van der Waals surface area contributed by atoms with Crippen molar-refractivity contribution in [3.8, 4) is 0 Å². The van der Waals surface area contributed by atoms with Gasteiger partial charge in [-0.3, -0.25) is 4.79 Å². The minimum absolute atomic E-state index is 0.0178. The Morgan fingerprint density at radius 1 is 1.16 bits per heavy atom. The molecule has 2 aromatic rings. The third-order valence-electron chi connectivity index (χ3n) is 2.23. The van der Waals surface area contributed by atoms with E-state index in [4.69, 9.17) is 11.6 Å². The number of carbonyl (C=O) groups is 1. The van der Waals surface area contributed by atoms with Crippen molar-refractivity contribution in [1.82, 2.24) is 4.98 Å². The van der Waals surface area contributed by atoms with Gasteiger partial charge in [-0.1, -0.05) is 11.6 Å². The largest absolute Gasteiger partial charge is 0.322 e. The summed E-state index contributed by atoms with van der Waals surface area (Å²) in [7, 11) is 0. The van der Waals surface area contributed by atoms with E-state index in [0.717, 1.165) is 30.5 Å². The van der Waals surface area contributed by atoms with Gasteiger partial charge in [-0.2, -0.15) is 0 Å². The number of hydrogen-bond donors (Lipinski definition) is 1. The molecule has 2 rings (SSSR count). The van der Waals surface area contributed by atoms with Gasteiger partial charge < -0.3 is 5.32 Å². The molecule has 1 aromatic carbocycles. The number of pyridine rings is 1. The normalized spacial score (nSPS) is 10.3. The summed E-state index contributed by atoms with van der Waals surface area (Å²) in [6.45, 7) is 0. The molecule has 0 radical (unpaired) electrons. The zero-order valence-corrected chi connectivity index (χ0v) is 10.0. The standard InChI is InChI=1S/C12H6ClF3N2O/c13-11-8(3-6(14)5-17-11)12(19)18-7-1-2-9(15)10(16)4-7/h1-5H,(H,18,19). The van der Waals surface area contributed by atoms with Crippen molar-refractivity contribution in [2.45, 2.75) is 0 Å². The quantitative estimate of drug-likeness (QED) is 0.860. The SMILES string of the molecule is O=C(Nc1ccc(F)c(F)c1)c1cc(F)cnc1Cl. The monoisotopic (exact) mass is 286 g/mol. The summed E-state index contributed by atoms with van der Waals surface area (Å²) >= 11 is 5.64. The van der Waals surface area contributed by atoms with Gasteiger partial charge in [0.25, 0.3) is 5.91 Å². The number of halogens is 4. The van der Waals surface area contributed by atoms with Gasteiger partial charge in [-0.25, -0.2) is 18.2 Å². The van der Waals surface area contributed by atoms with Crippen LogP contribution in [0.25, 0.3) is 0 Å². The van der Waals surface area contributed by atoms with Crippen molar-refractivity contribution in [3.63, 3.8) is 0 Å². The molecular formula is C12H6ClF3N2O. The van der Waals surface area contributed by atoms with Crippen molar-refractivity contribution in [3.05, 3.63) is 58.6 Å². The lowest BCUT2D eigenvalue weighted by Crippen LogP contribution is -2.13. The minimum atomic E-state index is -1.11. The Kier molecular flexibility index (Phi) is 3.71. The summed E-state index contributed by atoms with van der Waals surface area (Å²) in [6.07, 6.45) is 0.858. The van der Waals surface area contributed by atoms with Gasteiger partial charge in [0.05, 0.1) is 11.8 Å². The zero-order valence-electron chi connectivity index (χ0n) is 9.25. The maximum absolute atomic E-state index is 13.0. The molecule has 0 saturated carbocycles. The van der Waals surface area contributed by atoms with E-state index in [0.29, 0.717) is 0 Å². The highest BCUT2D eigenvalue weighted by atomic mass is 35.5. The molecule has 1 aromatic heterocycles. The van der Waals surface area contributed by atoms with Crippen LogP contribution < -0.4 is 5.32 Å². The summed E-state index contributed by atoms with van der Waals surface area (Å²) in [5.41, 5.74) is -0.185. The third-order valence-corrected chi connectivity index (χ3v) is 2.53. The lowest BCUT2D eigenvalue weighted by Gasteiger charge is -2.06. The first-order valence-corrected chi connectivity index (χ1v) is 5.42. The fraction of sp³-hybridized carbons (Fsp3) is 0. The van der Waals surface area contributed by atoms with Crippen LogP contribution in [0.15, 0.2) is 30.5 Å². The number of anilines is 1. The first kappa shape index (κ1) is 13.4. The molecule has 0 spiro atoms. The Morgan fingerprint density at radius 3 is 2.58 bits per heavy atom. The molecular weight excluding hydrogens is 281 g/mol. The molecule has 0 unspecified atom stereocenters. The molecule has 0 saturated heterocycles. The van der Waals surface area contributed by atoms with Crippen LogP contribution in [0.4, 0.5) is 18.9 Å². The number of amides is 1. The Balaban J connectivity index is 2.25. The van der Waals surface area contributed by atoms with Crippen LogP contribution in [-0.4, -0.2) is 10.9 Å². The molecule has 0 aliphatic carbocycles. The molecule has 1 amide bonds. The molecule has 0 bridgehead atoms. The topological polar surface area (TPSA) is 42.0 Å². The number of nitrogens with zero attached hydrogens (tertiary/aromatic N) is 1. The fourth-order valence-corrected chi connectivity index (χ4v) is 1.54. The van der Waals surface area contributed by atoms with Gasteiger partial charge in [0.15, 0.2) is 11.6 Å². The van der Waals surface area contributed by atoms with Crippen molar-refractivity contribution < 1.29 is 18.0 Å². The van der Waals surface area contributed by atoms with Crippen LogP contribution in [0.2, 0.25) is 5.15 Å². The second kappa shape index (κ2) is 5.27. The second-order valence-corrected chi connectivity index (χ2v) is 3.93. The van der Waals surface area contributed by atoms with Gasteiger partial charge in [0.2, 0.25) is 0 Å². The Bertz CT molecular complexity index is 649. The lowest BCUT2D eigenvalue weighted by molar-refractivity contribution is 0.102. The van der Waals surface area contributed by atoms with Crippen LogP contribution in [0.3, 0.4) is 0 Å². The predicted octanol–water partition coefficient (Wildman–Crippen LogP) is 3.40. The third kappa shape index (κ3) is 3.03. The number of nitrogens with one attached hydrogen (secondary N) is 1. The van der Waals surface area contributed by atoms with Crippen molar-refractivity contribution in [2.24, 2.45) is 0 Å². The zero-order chi connectivity index (χ0) is 14.0. The lowest BCUT2D eigenvalue weighted by atomic mass is 10.2. The van der Waals surface area contributed by atoms with Gasteiger partial charge in [0.1, 0.15) is 11.0 Å². The number of aromatic nitrogens is 1. The number of rotatable bonds is 2. The smallest absolute Gasteiger partial charge is 0.258 e. The van der Waals surface area contributed by atoms with E-state index < -0.39 is 23.4 Å². The van der Waals surface area contributed by atoms with E-state index in [1.165, 1.54) is 0 Å². The van der Waals surface area contributed by atoms with E-state index in [1.807, 2.05) is 0 Å². The molecule has 0 atom stereocenters. The Morgan fingerprint density at radius 2 is 1.89 bits per heavy atom. The van der Waals surface area contributed by atoms with E-state index in [-0.39, 0.29) is 16.4 Å². The summed E-state index contributed by atoms with van der Waals surface area (Å²) in [5.74, 6) is -3.66. The number of hydrogen-bond acceptors (Lipinski definition) is 2. The molecule has 1 heterocycles. The molecule has 0 aliphatic rings. The van der Waals surface area contributed by atoms with E-state index in [9.17, 15) is 18.0 Å². The Hall–Kier alpha value is -2.08. The molecule has 98 valence electrons. The molecule has 7 heteroatoms. The highest BCUT2D eigenvalue weighted by molar-refractivity contribution is 6.33. The van der Waals surface area contributed by atoms with E-state index in [2.05, 4.69) is 10.3 Å². The van der Waals surface area contributed by atoms with E-state index in [1.54, 1.807) is 0 Å². The van der Waals surface area contributed by atoms with Crippen LogP contribution in [0.5, 0.6) is 0 Å². The molecule has 1 N–H and O–H groups in total. The van der Waals surface area contributed by atoms with Crippen LogP contribution in [0.1, 0.15) is 10.4 Å². The van der Waals surface area contributed by atoms with E-state index >= 15 is 0 Å². The first-order chi connectivity index (χ1) is 8.97. The van der Waals surface area contributed by atoms with Crippen LogP contribution in [-0.2, 0) is 0 Å². The highest BCUT2D eigenvalue weighted by Crippen LogP contribution is 2.18. The van der Waals surface area contributed by atoms with Crippen molar-refractivity contribution in [2.75, 3.05) is 5.32 Å². The van der Waals surface area contributed by atoms with Crippen LogP contribution >= 0.6 is 11.6 Å². The average Bonchev–Trinajstić information content (AvgIpc) is 2.36. The molecule has 0 aliphatic heterocycles.